The zero-order chi connectivity index (χ0) is 30.7. The molecule has 0 bridgehead atoms. The number of amides is 1. The van der Waals surface area contributed by atoms with Gasteiger partial charge in [-0.3, -0.25) is 9.35 Å². The maximum atomic E-state index is 12.5. The fourth-order valence-electron chi connectivity index (χ4n) is 6.08. The minimum absolute atomic E-state index is 0.0775. The summed E-state index contributed by atoms with van der Waals surface area (Å²) in [5.74, 6) is 5.34. The van der Waals surface area contributed by atoms with Crippen LogP contribution in [-0.2, 0) is 21.5 Å². The van der Waals surface area contributed by atoms with Crippen molar-refractivity contribution in [3.63, 3.8) is 0 Å². The van der Waals surface area contributed by atoms with E-state index in [-0.39, 0.29) is 23.0 Å². The Kier molecular flexibility index (Phi) is 6.95. The van der Waals surface area contributed by atoms with E-state index in [0.29, 0.717) is 34.1 Å². The first-order chi connectivity index (χ1) is 20.4. The van der Waals surface area contributed by atoms with Gasteiger partial charge in [0.05, 0.1) is 28.8 Å². The monoisotopic (exact) mass is 622 g/mol. The average molecular weight is 623 g/mol. The van der Waals surface area contributed by atoms with Crippen molar-refractivity contribution in [1.82, 2.24) is 24.8 Å². The number of anilines is 1. The van der Waals surface area contributed by atoms with Crippen LogP contribution < -0.4 is 10.6 Å². The first-order valence-corrected chi connectivity index (χ1v) is 15.1. The van der Waals surface area contributed by atoms with Gasteiger partial charge in [-0.15, -0.1) is 0 Å². The van der Waals surface area contributed by atoms with Crippen LogP contribution in [0.4, 0.5) is 5.82 Å². The van der Waals surface area contributed by atoms with Gasteiger partial charge in [0.2, 0.25) is 11.7 Å². The Morgan fingerprint density at radius 1 is 1.19 bits per heavy atom. The van der Waals surface area contributed by atoms with Crippen LogP contribution in [-0.4, -0.2) is 67.4 Å². The molecule has 2 heterocycles. The first kappa shape index (κ1) is 29.0. The highest BCUT2D eigenvalue weighted by Gasteiger charge is 2.79. The largest absolute Gasteiger partial charge is 0.389 e. The maximum Gasteiger partial charge on any atom is 0.294 e. The van der Waals surface area contributed by atoms with Gasteiger partial charge in [-0.1, -0.05) is 35.7 Å². The molecule has 6 rings (SSSR count). The number of carbonyl (C=O) groups is 1. The van der Waals surface area contributed by atoms with Gasteiger partial charge in [-0.2, -0.15) is 8.42 Å². The van der Waals surface area contributed by atoms with Crippen LogP contribution in [0, 0.1) is 23.2 Å². The third-order valence-corrected chi connectivity index (χ3v) is 9.38. The normalized spacial score (nSPS) is 26.0. The Bertz CT molecular complexity index is 1960. The Morgan fingerprint density at radius 3 is 2.63 bits per heavy atom. The summed E-state index contributed by atoms with van der Waals surface area (Å²) in [4.78, 5) is 25.9. The predicted molar refractivity (Wildman–Crippen MR) is 157 cm³/mol. The van der Waals surface area contributed by atoms with E-state index in [2.05, 4.69) is 37.4 Å². The van der Waals surface area contributed by atoms with Gasteiger partial charge in [0, 0.05) is 30.1 Å². The number of nitrogens with zero attached hydrogens (tertiary/aromatic N) is 4. The van der Waals surface area contributed by atoms with Crippen molar-refractivity contribution in [2.75, 3.05) is 12.4 Å². The molecule has 0 saturated heterocycles. The van der Waals surface area contributed by atoms with Gasteiger partial charge in [0.15, 0.2) is 17.0 Å². The van der Waals surface area contributed by atoms with Crippen LogP contribution in [0.25, 0.3) is 11.2 Å². The molecule has 43 heavy (non-hydrogen) atoms. The highest BCUT2D eigenvalue weighted by atomic mass is 35.5. The van der Waals surface area contributed by atoms with E-state index in [4.69, 9.17) is 11.6 Å². The number of hydrogen-bond acceptors (Lipinski definition) is 9. The maximum absolute atomic E-state index is 12.5. The highest BCUT2D eigenvalue weighted by Crippen LogP contribution is 2.69. The Morgan fingerprint density at radius 2 is 1.95 bits per heavy atom. The van der Waals surface area contributed by atoms with Gasteiger partial charge in [-0.05, 0) is 55.2 Å². The first-order valence-electron chi connectivity index (χ1n) is 13.3. The zero-order valence-corrected chi connectivity index (χ0v) is 24.6. The fraction of sp³-hybridized carbons (Fsp3) is 0.310. The average Bonchev–Trinajstić information content (AvgIpc) is 3.23. The van der Waals surface area contributed by atoms with Crippen LogP contribution >= 0.6 is 11.6 Å². The van der Waals surface area contributed by atoms with E-state index in [1.807, 2.05) is 12.1 Å². The fourth-order valence-corrected chi connectivity index (χ4v) is 6.82. The Labute approximate surface area is 251 Å². The summed E-state index contributed by atoms with van der Waals surface area (Å²) in [6.07, 6.45) is 0.460. The van der Waals surface area contributed by atoms with Gasteiger partial charge in [0.25, 0.3) is 10.1 Å². The summed E-state index contributed by atoms with van der Waals surface area (Å²) in [6, 6.07) is 12.2. The summed E-state index contributed by atoms with van der Waals surface area (Å²) < 4.78 is 34.2. The molecule has 2 aliphatic rings. The number of rotatable bonds is 6. The minimum atomic E-state index is -4.41. The third-order valence-electron chi connectivity index (χ3n) is 8.29. The second-order valence-corrected chi connectivity index (χ2v) is 12.9. The molecule has 0 radical (unpaired) electrons. The van der Waals surface area contributed by atoms with Crippen molar-refractivity contribution in [2.24, 2.45) is 11.3 Å². The smallest absolute Gasteiger partial charge is 0.294 e. The number of carbonyl (C=O) groups excluding carboxylic acids is 1. The molecule has 1 amide bonds. The topological polar surface area (TPSA) is 180 Å². The molecule has 2 saturated carbocycles. The second kappa shape index (κ2) is 10.3. The lowest BCUT2D eigenvalue weighted by atomic mass is 9.80. The summed E-state index contributed by atoms with van der Waals surface area (Å²) in [5.41, 5.74) is -0.762. The van der Waals surface area contributed by atoms with Crippen molar-refractivity contribution in [2.45, 2.75) is 42.5 Å². The highest BCUT2D eigenvalue weighted by molar-refractivity contribution is 7.85. The number of fused-ring (bicyclic) bond motifs is 2. The molecular weight excluding hydrogens is 596 g/mol. The zero-order valence-electron chi connectivity index (χ0n) is 23.0. The van der Waals surface area contributed by atoms with Crippen molar-refractivity contribution < 1.29 is 28.0 Å². The van der Waals surface area contributed by atoms with E-state index in [9.17, 15) is 28.0 Å². The molecule has 4 aromatic rings. The minimum Gasteiger partial charge on any atom is -0.389 e. The number of nitrogens with one attached hydrogen (secondary N) is 2. The van der Waals surface area contributed by atoms with E-state index in [1.165, 1.54) is 31.6 Å². The van der Waals surface area contributed by atoms with Gasteiger partial charge in [-0.25, -0.2) is 15.0 Å². The number of hydrogen-bond donors (Lipinski definition) is 5. The lowest BCUT2D eigenvalue weighted by Crippen LogP contribution is -2.49. The van der Waals surface area contributed by atoms with Gasteiger partial charge < -0.3 is 25.4 Å². The quantitative estimate of drug-likeness (QED) is 0.158. The van der Waals surface area contributed by atoms with E-state index in [0.717, 1.165) is 5.56 Å². The van der Waals surface area contributed by atoms with Crippen molar-refractivity contribution in [3.05, 3.63) is 76.8 Å². The number of halogens is 1. The molecule has 2 fully saturated rings. The number of aromatic nitrogens is 4. The summed E-state index contributed by atoms with van der Waals surface area (Å²) in [5, 5.41) is 29.0. The molecule has 14 heteroatoms. The van der Waals surface area contributed by atoms with Crippen LogP contribution in [0.1, 0.15) is 36.3 Å². The van der Waals surface area contributed by atoms with Crippen molar-refractivity contribution in [3.8, 4) is 11.8 Å². The number of aliphatic hydroxyl groups excluding tert-OH is 1. The van der Waals surface area contributed by atoms with Crippen LogP contribution in [0.2, 0.25) is 5.02 Å². The van der Waals surface area contributed by atoms with Gasteiger partial charge >= 0.3 is 0 Å². The van der Waals surface area contributed by atoms with E-state index in [1.54, 1.807) is 29.7 Å². The molecule has 222 valence electrons. The van der Waals surface area contributed by atoms with E-state index < -0.39 is 39.2 Å². The molecule has 2 aromatic heterocycles. The molecular formula is C29H27ClN6O6S. The molecule has 12 nitrogen and oxygen atoms in total. The Balaban J connectivity index is 1.39. The predicted octanol–water partition coefficient (Wildman–Crippen LogP) is 2.16. The summed E-state index contributed by atoms with van der Waals surface area (Å²) in [6.45, 7) is 1.98. The third kappa shape index (κ3) is 4.91. The van der Waals surface area contributed by atoms with Crippen LogP contribution in [0.15, 0.2) is 59.8 Å². The lowest BCUT2D eigenvalue weighted by molar-refractivity contribution is -0.140. The van der Waals surface area contributed by atoms with Crippen molar-refractivity contribution in [1.29, 1.82) is 0 Å². The molecule has 2 aliphatic carbocycles. The molecule has 1 unspecified atom stereocenters. The van der Waals surface area contributed by atoms with Crippen molar-refractivity contribution >= 4 is 44.6 Å². The summed E-state index contributed by atoms with van der Waals surface area (Å²) >= 11 is 6.14. The Hall–Kier alpha value is -4.06. The number of benzene rings is 2. The molecule has 5 atom stereocenters. The second-order valence-electron chi connectivity index (χ2n) is 11.0. The van der Waals surface area contributed by atoms with Crippen LogP contribution in [0.5, 0.6) is 0 Å². The number of aliphatic hydroxyl groups is 2. The molecule has 2 aromatic carbocycles. The number of imidazole rings is 1. The van der Waals surface area contributed by atoms with E-state index >= 15 is 0 Å². The lowest BCUT2D eigenvalue weighted by Gasteiger charge is -2.32. The SMILES string of the molecule is CNC(=O)C1(C)C[C@H]2[C@@H](n3cnc4c(NCc5cccc(Cl)c5)nc(C#Cc5cccc(S(=O)(=O)O)c5)nc43)[C@@]2(O)[C@@H]1O. The summed E-state index contributed by atoms with van der Waals surface area (Å²) in [7, 11) is -2.92. The molecule has 5 N–H and O–H groups in total. The van der Waals surface area contributed by atoms with Crippen LogP contribution in [0.3, 0.4) is 0 Å². The van der Waals surface area contributed by atoms with Gasteiger partial charge in [0.1, 0.15) is 5.60 Å². The standard InChI is InChI=1S/C29H27ClN6O6S/c1-28(27(38)31-2)13-20-23(29(20,39)26(28)37)36-15-33-22-24(32-14-17-6-3-7-18(30)11-17)34-21(35-25(22)36)10-9-16-5-4-8-19(12-16)43(40,41)42/h3-8,11-12,15,20,23,26,37,39H,13-14H2,1-2H3,(H,31,38)(H,32,34,35)(H,40,41,42)/t20-,23+,26+,28?,29+/m0/s1. The molecule has 0 spiro atoms. The molecule has 0 aliphatic heterocycles.